The van der Waals surface area contributed by atoms with Crippen molar-refractivity contribution < 1.29 is 9.66 Å². The Balaban J connectivity index is 2.26. The molecule has 0 spiro atoms. The number of benzene rings is 1. The van der Waals surface area contributed by atoms with Crippen LogP contribution in [-0.4, -0.2) is 37.7 Å². The average molecular weight is 251 g/mol. The minimum atomic E-state index is -0.428. The number of nitrogens with zero attached hydrogens (tertiary/aromatic N) is 2. The molecule has 0 radical (unpaired) electrons. The number of anilines is 1. The van der Waals surface area contributed by atoms with Gasteiger partial charge in [-0.3, -0.25) is 10.1 Å². The van der Waals surface area contributed by atoms with Gasteiger partial charge in [-0.15, -0.1) is 0 Å². The Hall–Kier alpha value is -1.82. The number of ether oxygens (including phenoxy) is 1. The topological polar surface area (TPSA) is 67.6 Å². The van der Waals surface area contributed by atoms with E-state index in [1.165, 1.54) is 13.2 Å². The number of piperazine rings is 1. The summed E-state index contributed by atoms with van der Waals surface area (Å²) in [6.07, 6.45) is 0. The fourth-order valence-corrected chi connectivity index (χ4v) is 2.18. The van der Waals surface area contributed by atoms with Crippen molar-refractivity contribution >= 4 is 11.4 Å². The van der Waals surface area contributed by atoms with Crippen LogP contribution in [0, 0.1) is 10.1 Å². The molecule has 1 fully saturated rings. The predicted octanol–water partition coefficient (Wildman–Crippen LogP) is 1.40. The highest BCUT2D eigenvalue weighted by molar-refractivity contribution is 5.59. The monoisotopic (exact) mass is 251 g/mol. The average Bonchev–Trinajstić information content (AvgIpc) is 2.37. The zero-order valence-electron chi connectivity index (χ0n) is 10.5. The molecule has 0 aliphatic carbocycles. The molecule has 6 nitrogen and oxygen atoms in total. The molecule has 0 aromatic heterocycles. The third-order valence-corrected chi connectivity index (χ3v) is 3.09. The van der Waals surface area contributed by atoms with Gasteiger partial charge in [0.2, 0.25) is 0 Å². The van der Waals surface area contributed by atoms with Crippen molar-refractivity contribution in [2.24, 2.45) is 0 Å². The normalized spacial score (nSPS) is 19.7. The van der Waals surface area contributed by atoms with E-state index in [4.69, 9.17) is 4.74 Å². The van der Waals surface area contributed by atoms with Gasteiger partial charge in [-0.25, -0.2) is 0 Å². The Bertz CT molecular complexity index is 450. The van der Waals surface area contributed by atoms with Crippen molar-refractivity contribution in [1.82, 2.24) is 5.32 Å². The van der Waals surface area contributed by atoms with E-state index in [9.17, 15) is 10.1 Å². The molecule has 0 saturated carbocycles. The lowest BCUT2D eigenvalue weighted by Gasteiger charge is -2.33. The lowest BCUT2D eigenvalue weighted by molar-refractivity contribution is -0.385. The highest BCUT2D eigenvalue weighted by Crippen LogP contribution is 2.31. The number of nitrogens with one attached hydrogen (secondary N) is 1. The van der Waals surface area contributed by atoms with E-state index in [0.717, 1.165) is 25.3 Å². The maximum absolute atomic E-state index is 10.8. The van der Waals surface area contributed by atoms with Crippen molar-refractivity contribution in [1.29, 1.82) is 0 Å². The zero-order chi connectivity index (χ0) is 13.1. The second-order valence-corrected chi connectivity index (χ2v) is 4.41. The van der Waals surface area contributed by atoms with Gasteiger partial charge in [-0.05, 0) is 13.0 Å². The molecule has 18 heavy (non-hydrogen) atoms. The van der Waals surface area contributed by atoms with Gasteiger partial charge in [-0.2, -0.15) is 0 Å². The molecule has 1 aromatic rings. The first-order valence-electron chi connectivity index (χ1n) is 5.92. The van der Waals surface area contributed by atoms with E-state index in [-0.39, 0.29) is 5.69 Å². The lowest BCUT2D eigenvalue weighted by atomic mass is 10.2. The summed E-state index contributed by atoms with van der Waals surface area (Å²) in [4.78, 5) is 12.6. The van der Waals surface area contributed by atoms with E-state index in [1.54, 1.807) is 12.1 Å². The van der Waals surface area contributed by atoms with Crippen LogP contribution in [0.15, 0.2) is 18.2 Å². The van der Waals surface area contributed by atoms with Gasteiger partial charge in [0.05, 0.1) is 12.0 Å². The SMILES string of the molecule is COc1cc(N2CCNC(C)C2)ccc1[N+](=O)[O-]. The molecule has 6 heteroatoms. The molecule has 0 bridgehead atoms. The first kappa shape index (κ1) is 12.6. The highest BCUT2D eigenvalue weighted by Gasteiger charge is 2.20. The van der Waals surface area contributed by atoms with E-state index >= 15 is 0 Å². The number of rotatable bonds is 3. The van der Waals surface area contributed by atoms with Gasteiger partial charge in [-0.1, -0.05) is 0 Å². The molecule has 98 valence electrons. The Morgan fingerprint density at radius 3 is 2.94 bits per heavy atom. The van der Waals surface area contributed by atoms with Gasteiger partial charge in [0, 0.05) is 43.5 Å². The van der Waals surface area contributed by atoms with Crippen LogP contribution < -0.4 is 15.0 Å². The molecule has 1 saturated heterocycles. The first-order chi connectivity index (χ1) is 8.61. The van der Waals surface area contributed by atoms with E-state index < -0.39 is 4.92 Å². The van der Waals surface area contributed by atoms with E-state index in [1.807, 2.05) is 0 Å². The van der Waals surface area contributed by atoms with E-state index in [0.29, 0.717) is 11.8 Å². The maximum atomic E-state index is 10.8. The summed E-state index contributed by atoms with van der Waals surface area (Å²) < 4.78 is 5.08. The van der Waals surface area contributed by atoms with Crippen LogP contribution in [0.5, 0.6) is 5.75 Å². The standard InChI is InChI=1S/C12H17N3O3/c1-9-8-14(6-5-13-9)10-3-4-11(15(16)17)12(7-10)18-2/h3-4,7,9,13H,5-6,8H2,1-2H3. The third kappa shape index (κ3) is 2.53. The molecule has 2 rings (SSSR count). The van der Waals surface area contributed by atoms with Gasteiger partial charge in [0.15, 0.2) is 5.75 Å². The number of nitro groups is 1. The van der Waals surface area contributed by atoms with Gasteiger partial charge in [0.25, 0.3) is 0 Å². The Morgan fingerprint density at radius 2 is 2.33 bits per heavy atom. The van der Waals surface area contributed by atoms with Crippen molar-refractivity contribution in [2.75, 3.05) is 31.6 Å². The molecule has 1 N–H and O–H groups in total. The predicted molar refractivity (Wildman–Crippen MR) is 69.3 cm³/mol. The second-order valence-electron chi connectivity index (χ2n) is 4.41. The summed E-state index contributed by atoms with van der Waals surface area (Å²) in [6, 6.07) is 5.43. The van der Waals surface area contributed by atoms with Crippen molar-refractivity contribution in [3.63, 3.8) is 0 Å². The summed E-state index contributed by atoms with van der Waals surface area (Å²) in [5, 5.41) is 14.2. The number of methoxy groups -OCH3 is 1. The molecule has 1 aliphatic rings. The third-order valence-electron chi connectivity index (χ3n) is 3.09. The molecule has 1 atom stereocenters. The number of hydrogen-bond acceptors (Lipinski definition) is 5. The molecular formula is C12H17N3O3. The minimum absolute atomic E-state index is 0.00410. The lowest BCUT2D eigenvalue weighted by Crippen LogP contribution is -2.49. The van der Waals surface area contributed by atoms with Crippen molar-refractivity contribution in [3.8, 4) is 5.75 Å². The largest absolute Gasteiger partial charge is 0.490 e. The summed E-state index contributed by atoms with van der Waals surface area (Å²) >= 11 is 0. The van der Waals surface area contributed by atoms with Gasteiger partial charge >= 0.3 is 5.69 Å². The minimum Gasteiger partial charge on any atom is -0.490 e. The quantitative estimate of drug-likeness (QED) is 0.649. The fraction of sp³-hybridized carbons (Fsp3) is 0.500. The zero-order valence-corrected chi connectivity index (χ0v) is 10.5. The molecule has 1 unspecified atom stereocenters. The molecular weight excluding hydrogens is 234 g/mol. The van der Waals surface area contributed by atoms with Crippen molar-refractivity contribution in [2.45, 2.75) is 13.0 Å². The fourth-order valence-electron chi connectivity index (χ4n) is 2.18. The Labute approximate surface area is 106 Å². The van der Waals surface area contributed by atoms with Crippen molar-refractivity contribution in [3.05, 3.63) is 28.3 Å². The van der Waals surface area contributed by atoms with Gasteiger partial charge in [0.1, 0.15) is 0 Å². The number of hydrogen-bond donors (Lipinski definition) is 1. The summed E-state index contributed by atoms with van der Waals surface area (Å²) in [7, 11) is 1.45. The highest BCUT2D eigenvalue weighted by atomic mass is 16.6. The maximum Gasteiger partial charge on any atom is 0.311 e. The first-order valence-corrected chi connectivity index (χ1v) is 5.92. The van der Waals surface area contributed by atoms with Crippen LogP contribution in [-0.2, 0) is 0 Å². The molecule has 0 amide bonds. The van der Waals surface area contributed by atoms with Crippen LogP contribution in [0.1, 0.15) is 6.92 Å². The van der Waals surface area contributed by atoms with Crippen LogP contribution >= 0.6 is 0 Å². The summed E-state index contributed by atoms with van der Waals surface area (Å²) in [5.74, 6) is 0.309. The van der Waals surface area contributed by atoms with E-state index in [2.05, 4.69) is 17.1 Å². The Kier molecular flexibility index (Phi) is 3.66. The van der Waals surface area contributed by atoms with Crippen LogP contribution in [0.25, 0.3) is 0 Å². The van der Waals surface area contributed by atoms with Crippen LogP contribution in [0.3, 0.4) is 0 Å². The van der Waals surface area contributed by atoms with Gasteiger partial charge < -0.3 is 15.0 Å². The number of nitro benzene ring substituents is 1. The van der Waals surface area contributed by atoms with Crippen LogP contribution in [0.4, 0.5) is 11.4 Å². The summed E-state index contributed by atoms with van der Waals surface area (Å²) in [5.41, 5.74) is 0.968. The molecule has 1 aliphatic heterocycles. The Morgan fingerprint density at radius 1 is 1.56 bits per heavy atom. The molecule has 1 heterocycles. The van der Waals surface area contributed by atoms with Crippen LogP contribution in [0.2, 0.25) is 0 Å². The second kappa shape index (κ2) is 5.22. The summed E-state index contributed by atoms with van der Waals surface area (Å²) in [6.45, 7) is 4.82. The smallest absolute Gasteiger partial charge is 0.311 e. The molecule has 1 aromatic carbocycles.